The van der Waals surface area contributed by atoms with Crippen molar-refractivity contribution in [2.75, 3.05) is 61.3 Å². The van der Waals surface area contributed by atoms with E-state index in [-0.39, 0.29) is 48.0 Å². The highest BCUT2D eigenvalue weighted by Gasteiger charge is 2.45. The van der Waals surface area contributed by atoms with E-state index < -0.39 is 35.6 Å². The number of aromatic nitrogens is 2. The standard InChI is InChI=1S/C51H63N11O7/c1-31(2)57-41-27-35(26-37(38(41)28-52)47(65)56-30-39-32(3)25-33(4)58-48(39)66)34-14-16-43(55-29-34)61-23-21-60(22-24-61)20-19-54-44(63)13-8-6-5-7-9-18-53-40-12-10-11-36-46(40)51(69)62(50(36)68)42-15-17-45(64)59-49(42)67/h10-12,14,16,25-29,31,42,52-53,57H,5-9,13,15,17-24,30H2,1-4H3,(H,54,63)(H,56,65)(H,58,66)(H,59,64,67). The largest absolute Gasteiger partial charge is 0.384 e. The minimum Gasteiger partial charge on any atom is -0.384 e. The maximum Gasteiger partial charge on any atom is 0.264 e. The first-order valence-electron chi connectivity index (χ1n) is 23.9. The van der Waals surface area contributed by atoms with Crippen molar-refractivity contribution in [3.8, 4) is 11.1 Å². The molecular formula is C51H63N11O7. The van der Waals surface area contributed by atoms with Crippen molar-refractivity contribution >= 4 is 58.9 Å². The van der Waals surface area contributed by atoms with Crippen molar-refractivity contribution in [1.29, 1.82) is 5.41 Å². The average molecular weight is 942 g/mol. The Kier molecular flexibility index (Phi) is 16.4. The summed E-state index contributed by atoms with van der Waals surface area (Å²) in [6.45, 7) is 12.9. The lowest BCUT2D eigenvalue weighted by molar-refractivity contribution is -0.136. The number of piperidine rings is 1. The van der Waals surface area contributed by atoms with E-state index in [1.165, 1.54) is 6.21 Å². The molecule has 0 radical (unpaired) electrons. The van der Waals surface area contributed by atoms with Crippen molar-refractivity contribution in [2.45, 2.75) is 97.7 Å². The van der Waals surface area contributed by atoms with Gasteiger partial charge in [0, 0.05) is 117 Å². The van der Waals surface area contributed by atoms with Crippen LogP contribution in [0.3, 0.4) is 0 Å². The Morgan fingerprint density at radius 1 is 0.870 bits per heavy atom. The second-order valence-corrected chi connectivity index (χ2v) is 18.3. The van der Waals surface area contributed by atoms with Gasteiger partial charge < -0.3 is 36.6 Å². The summed E-state index contributed by atoms with van der Waals surface area (Å²) in [5, 5.41) is 23.0. The number of aromatic amines is 1. The molecule has 2 saturated heterocycles. The monoisotopic (exact) mass is 941 g/mol. The molecule has 18 nitrogen and oxygen atoms in total. The predicted molar refractivity (Wildman–Crippen MR) is 265 cm³/mol. The number of nitrogens with one attached hydrogen (secondary N) is 7. The summed E-state index contributed by atoms with van der Waals surface area (Å²) in [6.07, 6.45) is 8.07. The van der Waals surface area contributed by atoms with Gasteiger partial charge in [0.25, 0.3) is 23.3 Å². The van der Waals surface area contributed by atoms with Crippen molar-refractivity contribution in [3.05, 3.63) is 104 Å². The lowest BCUT2D eigenvalue weighted by atomic mass is 9.97. The summed E-state index contributed by atoms with van der Waals surface area (Å²) < 4.78 is 0. The zero-order valence-electron chi connectivity index (χ0n) is 39.9. The zero-order chi connectivity index (χ0) is 49.2. The zero-order valence-corrected chi connectivity index (χ0v) is 39.9. The number of anilines is 3. The van der Waals surface area contributed by atoms with Gasteiger partial charge in [-0.1, -0.05) is 25.3 Å². The van der Waals surface area contributed by atoms with Crippen LogP contribution in [0.5, 0.6) is 0 Å². The molecule has 0 bridgehead atoms. The summed E-state index contributed by atoms with van der Waals surface area (Å²) in [5.41, 5.74) is 5.84. The first-order valence-corrected chi connectivity index (χ1v) is 23.9. The van der Waals surface area contributed by atoms with E-state index in [2.05, 4.69) is 41.4 Å². The Morgan fingerprint density at radius 3 is 2.35 bits per heavy atom. The smallest absolute Gasteiger partial charge is 0.264 e. The Bertz CT molecular complexity index is 2660. The van der Waals surface area contributed by atoms with Gasteiger partial charge in [-0.05, 0) is 101 Å². The Balaban J connectivity index is 0.798. The third-order valence-corrected chi connectivity index (χ3v) is 12.8. The van der Waals surface area contributed by atoms with Crippen LogP contribution in [0.1, 0.15) is 119 Å². The van der Waals surface area contributed by atoms with Crippen LogP contribution in [0.15, 0.2) is 59.5 Å². The quantitative estimate of drug-likeness (QED) is 0.0336. The van der Waals surface area contributed by atoms with E-state index in [1.54, 1.807) is 30.5 Å². The highest BCUT2D eigenvalue weighted by atomic mass is 16.2. The van der Waals surface area contributed by atoms with E-state index in [1.807, 2.05) is 52.0 Å². The molecule has 0 saturated carbocycles. The molecule has 1 unspecified atom stereocenters. The normalized spacial score (nSPS) is 16.1. The molecule has 0 spiro atoms. The van der Waals surface area contributed by atoms with Gasteiger partial charge >= 0.3 is 0 Å². The van der Waals surface area contributed by atoms with Gasteiger partial charge in [0.1, 0.15) is 11.9 Å². The summed E-state index contributed by atoms with van der Waals surface area (Å²) in [5.74, 6) is -1.60. The lowest BCUT2D eigenvalue weighted by Gasteiger charge is -2.35. The molecule has 2 aromatic heterocycles. The van der Waals surface area contributed by atoms with E-state index in [0.29, 0.717) is 47.6 Å². The molecule has 2 fully saturated rings. The molecular weight excluding hydrogens is 879 g/mol. The van der Waals surface area contributed by atoms with Crippen LogP contribution >= 0.6 is 0 Å². The number of imide groups is 2. The highest BCUT2D eigenvalue weighted by molar-refractivity contribution is 6.25. The maximum absolute atomic E-state index is 13.7. The third-order valence-electron chi connectivity index (χ3n) is 12.8. The SMILES string of the molecule is Cc1cc(C)c(CNC(=O)c2cc(-c3ccc(N4CCN(CCNC(=O)CCCCCCCNc5cccc6c5C(=O)N(C5CCC(=O)NC5=O)C6=O)CC4)nc3)cc(NC(C)C)c2C=N)c(=O)[nH]1. The van der Waals surface area contributed by atoms with Gasteiger partial charge in [-0.25, -0.2) is 4.98 Å². The maximum atomic E-state index is 13.7. The number of pyridine rings is 2. The van der Waals surface area contributed by atoms with Crippen molar-refractivity contribution in [2.24, 2.45) is 0 Å². The second-order valence-electron chi connectivity index (χ2n) is 18.3. The molecule has 69 heavy (non-hydrogen) atoms. The Hall–Kier alpha value is -7.21. The van der Waals surface area contributed by atoms with E-state index >= 15 is 0 Å². The van der Waals surface area contributed by atoms with Crippen LogP contribution in [-0.4, -0.2) is 119 Å². The number of carbonyl (C=O) groups excluding carboxylic acids is 6. The number of benzene rings is 2. The number of hydrogen-bond acceptors (Lipinski definition) is 13. The molecule has 3 aliphatic heterocycles. The Morgan fingerprint density at radius 2 is 1.64 bits per heavy atom. The minimum atomic E-state index is -1.00. The van der Waals surface area contributed by atoms with Gasteiger partial charge in [-0.3, -0.25) is 48.7 Å². The molecule has 7 N–H and O–H groups in total. The molecule has 2 aromatic carbocycles. The number of rotatable bonds is 21. The number of nitrogens with zero attached hydrogens (tertiary/aromatic N) is 4. The molecule has 3 aliphatic rings. The molecule has 364 valence electrons. The molecule has 18 heteroatoms. The summed E-state index contributed by atoms with van der Waals surface area (Å²) in [7, 11) is 0. The van der Waals surface area contributed by atoms with Gasteiger partial charge in [0.15, 0.2) is 0 Å². The summed E-state index contributed by atoms with van der Waals surface area (Å²) in [4.78, 5) is 102. The van der Waals surface area contributed by atoms with Crippen LogP contribution in [0.2, 0.25) is 0 Å². The third kappa shape index (κ3) is 12.1. The second kappa shape index (κ2) is 22.7. The van der Waals surface area contributed by atoms with Crippen LogP contribution in [0.25, 0.3) is 11.1 Å². The average Bonchev–Trinajstić information content (AvgIpc) is 3.57. The van der Waals surface area contributed by atoms with Crippen LogP contribution < -0.4 is 37.0 Å². The van der Waals surface area contributed by atoms with E-state index in [0.717, 1.165) is 97.9 Å². The fourth-order valence-electron chi connectivity index (χ4n) is 9.17. The van der Waals surface area contributed by atoms with Crippen molar-refractivity contribution in [3.63, 3.8) is 0 Å². The molecule has 1 atom stereocenters. The van der Waals surface area contributed by atoms with E-state index in [9.17, 15) is 33.6 Å². The number of aryl methyl sites for hydroxylation is 2. The van der Waals surface area contributed by atoms with Gasteiger partial charge in [0.2, 0.25) is 17.7 Å². The number of fused-ring (bicyclic) bond motifs is 1. The molecule has 5 heterocycles. The molecule has 4 aromatic rings. The number of hydrogen-bond donors (Lipinski definition) is 7. The summed E-state index contributed by atoms with van der Waals surface area (Å²) >= 11 is 0. The molecule has 6 amide bonds. The van der Waals surface area contributed by atoms with Gasteiger partial charge in [-0.15, -0.1) is 0 Å². The number of H-pyrrole nitrogens is 1. The van der Waals surface area contributed by atoms with Gasteiger partial charge in [-0.2, -0.15) is 0 Å². The minimum absolute atomic E-state index is 0.0457. The lowest BCUT2D eigenvalue weighted by Crippen LogP contribution is -2.54. The predicted octanol–water partition coefficient (Wildman–Crippen LogP) is 4.89. The first kappa shape index (κ1) is 49.7. The van der Waals surface area contributed by atoms with Crippen LogP contribution in [-0.2, 0) is 20.9 Å². The molecule has 0 aliphatic carbocycles. The topological polar surface area (TPSA) is 242 Å². The summed E-state index contributed by atoms with van der Waals surface area (Å²) in [6, 6.07) is 13.6. The highest BCUT2D eigenvalue weighted by Crippen LogP contribution is 2.33. The number of carbonyl (C=O) groups is 6. The fourth-order valence-corrected chi connectivity index (χ4v) is 9.17. The first-order chi connectivity index (χ1) is 33.2. The fraction of sp³-hybridized carbons (Fsp3) is 0.431. The number of amides is 6. The van der Waals surface area contributed by atoms with Gasteiger partial charge in [0.05, 0.1) is 16.7 Å². The Labute approximate surface area is 401 Å². The number of unbranched alkanes of at least 4 members (excludes halogenated alkanes) is 4. The van der Waals surface area contributed by atoms with E-state index in [4.69, 9.17) is 10.4 Å². The van der Waals surface area contributed by atoms with Crippen molar-refractivity contribution in [1.82, 2.24) is 35.7 Å². The van der Waals surface area contributed by atoms with Crippen molar-refractivity contribution < 1.29 is 28.8 Å². The molecule has 7 rings (SSSR count). The number of piperazine rings is 1. The van der Waals surface area contributed by atoms with Crippen LogP contribution in [0, 0.1) is 19.3 Å². The van der Waals surface area contributed by atoms with Crippen LogP contribution in [0.4, 0.5) is 17.2 Å².